The number of halogens is 1. The molecule has 0 unspecified atom stereocenters. The molecule has 86 valence electrons. The number of benzene rings is 2. The highest BCUT2D eigenvalue weighted by Gasteiger charge is 2.08. The second kappa shape index (κ2) is 5.01. The van der Waals surface area contributed by atoms with E-state index in [2.05, 4.69) is 21.2 Å². The summed E-state index contributed by atoms with van der Waals surface area (Å²) in [5.41, 5.74) is 2.05. The molecular formula is C13H10BrNO2. The van der Waals surface area contributed by atoms with Crippen molar-refractivity contribution in [1.82, 2.24) is 0 Å². The van der Waals surface area contributed by atoms with Gasteiger partial charge in [0.25, 0.3) is 0 Å². The summed E-state index contributed by atoms with van der Waals surface area (Å²) in [5.74, 6) is -0.942. The fourth-order valence-corrected chi connectivity index (χ4v) is 2.00. The Morgan fingerprint density at radius 1 is 1.06 bits per heavy atom. The van der Waals surface area contributed by atoms with Gasteiger partial charge in [-0.15, -0.1) is 0 Å². The summed E-state index contributed by atoms with van der Waals surface area (Å²) in [5, 5.41) is 12.1. The lowest BCUT2D eigenvalue weighted by Gasteiger charge is -2.07. The first kappa shape index (κ1) is 11.7. The van der Waals surface area contributed by atoms with Crippen molar-refractivity contribution >= 4 is 33.3 Å². The first-order valence-corrected chi connectivity index (χ1v) is 5.81. The molecule has 4 heteroatoms. The average molecular weight is 292 g/mol. The molecule has 0 amide bonds. The van der Waals surface area contributed by atoms with Crippen molar-refractivity contribution in [3.05, 3.63) is 58.6 Å². The number of nitrogens with one attached hydrogen (secondary N) is 1. The van der Waals surface area contributed by atoms with E-state index in [-0.39, 0.29) is 5.56 Å². The van der Waals surface area contributed by atoms with E-state index in [0.717, 1.165) is 11.4 Å². The second-order valence-electron chi connectivity index (χ2n) is 3.49. The third-order valence-electron chi connectivity index (χ3n) is 2.26. The smallest absolute Gasteiger partial charge is 0.336 e. The Hall–Kier alpha value is -1.81. The van der Waals surface area contributed by atoms with Gasteiger partial charge in [-0.1, -0.05) is 18.2 Å². The largest absolute Gasteiger partial charge is 0.478 e. The number of para-hydroxylation sites is 1. The zero-order valence-corrected chi connectivity index (χ0v) is 10.4. The van der Waals surface area contributed by atoms with E-state index in [0.29, 0.717) is 4.47 Å². The Morgan fingerprint density at radius 3 is 2.35 bits per heavy atom. The molecule has 0 atom stereocenters. The lowest BCUT2D eigenvalue weighted by atomic mass is 10.2. The number of hydrogen-bond donors (Lipinski definition) is 2. The van der Waals surface area contributed by atoms with Gasteiger partial charge >= 0.3 is 5.97 Å². The van der Waals surface area contributed by atoms with Crippen LogP contribution < -0.4 is 5.32 Å². The number of aromatic carboxylic acids is 1. The van der Waals surface area contributed by atoms with Crippen molar-refractivity contribution in [2.24, 2.45) is 0 Å². The summed E-state index contributed by atoms with van der Waals surface area (Å²) in [6.45, 7) is 0. The normalized spacial score (nSPS) is 9.94. The van der Waals surface area contributed by atoms with E-state index >= 15 is 0 Å². The van der Waals surface area contributed by atoms with Crippen LogP contribution in [0.4, 0.5) is 11.4 Å². The Morgan fingerprint density at radius 2 is 1.76 bits per heavy atom. The molecule has 2 N–H and O–H groups in total. The fourth-order valence-electron chi connectivity index (χ4n) is 1.45. The molecule has 17 heavy (non-hydrogen) atoms. The summed E-state index contributed by atoms with van der Waals surface area (Å²) < 4.78 is 0.561. The number of rotatable bonds is 3. The van der Waals surface area contributed by atoms with E-state index in [1.807, 2.05) is 30.3 Å². The van der Waals surface area contributed by atoms with Gasteiger partial charge in [-0.2, -0.15) is 0 Å². The van der Waals surface area contributed by atoms with Gasteiger partial charge in [0.2, 0.25) is 0 Å². The molecule has 0 aromatic heterocycles. The van der Waals surface area contributed by atoms with Crippen LogP contribution in [0.2, 0.25) is 0 Å². The average Bonchev–Trinajstić information content (AvgIpc) is 2.30. The minimum atomic E-state index is -0.942. The summed E-state index contributed by atoms with van der Waals surface area (Å²) in [6, 6.07) is 14.7. The molecule has 3 nitrogen and oxygen atoms in total. The monoisotopic (exact) mass is 291 g/mol. The molecule has 0 heterocycles. The summed E-state index contributed by atoms with van der Waals surface area (Å²) in [7, 11) is 0. The minimum Gasteiger partial charge on any atom is -0.478 e. The van der Waals surface area contributed by atoms with Crippen LogP contribution in [-0.4, -0.2) is 11.1 Å². The molecular weight excluding hydrogens is 282 g/mol. The quantitative estimate of drug-likeness (QED) is 0.902. The summed E-state index contributed by atoms with van der Waals surface area (Å²) >= 11 is 3.24. The first-order valence-electron chi connectivity index (χ1n) is 5.02. The number of carboxylic acids is 1. The van der Waals surface area contributed by atoms with Gasteiger partial charge in [0.05, 0.1) is 5.56 Å². The number of carbonyl (C=O) groups is 1. The van der Waals surface area contributed by atoms with Crippen LogP contribution >= 0.6 is 15.9 Å². The van der Waals surface area contributed by atoms with Crippen molar-refractivity contribution in [2.75, 3.05) is 5.32 Å². The number of anilines is 2. The molecule has 0 saturated heterocycles. The molecule has 2 aromatic carbocycles. The van der Waals surface area contributed by atoms with Gasteiger partial charge in [-0.05, 0) is 46.3 Å². The Balaban J connectivity index is 2.24. The second-order valence-corrected chi connectivity index (χ2v) is 4.35. The van der Waals surface area contributed by atoms with Crippen LogP contribution in [0.3, 0.4) is 0 Å². The zero-order chi connectivity index (χ0) is 12.3. The highest BCUT2D eigenvalue weighted by atomic mass is 79.9. The molecule has 2 rings (SSSR count). The summed E-state index contributed by atoms with van der Waals surface area (Å²) in [4.78, 5) is 10.8. The highest BCUT2D eigenvalue weighted by molar-refractivity contribution is 9.10. The number of hydrogen-bond acceptors (Lipinski definition) is 2. The van der Waals surface area contributed by atoms with Crippen LogP contribution in [0.25, 0.3) is 0 Å². The van der Waals surface area contributed by atoms with Crippen LogP contribution in [0.1, 0.15) is 10.4 Å². The molecule has 0 aliphatic carbocycles. The van der Waals surface area contributed by atoms with Crippen LogP contribution in [0.5, 0.6) is 0 Å². The van der Waals surface area contributed by atoms with Crippen LogP contribution in [0.15, 0.2) is 53.0 Å². The van der Waals surface area contributed by atoms with Crippen molar-refractivity contribution in [2.45, 2.75) is 0 Å². The summed E-state index contributed by atoms with van der Waals surface area (Å²) in [6.07, 6.45) is 0. The van der Waals surface area contributed by atoms with Gasteiger partial charge in [0.15, 0.2) is 0 Å². The molecule has 0 aliphatic rings. The zero-order valence-electron chi connectivity index (χ0n) is 8.85. The standard InChI is InChI=1S/C13H10BrNO2/c14-12-8-10(6-7-11(12)13(16)17)15-9-4-2-1-3-5-9/h1-8,15H,(H,16,17). The minimum absolute atomic E-state index is 0.253. The Bertz CT molecular complexity index is 540. The topological polar surface area (TPSA) is 49.3 Å². The Labute approximate surface area is 107 Å². The lowest BCUT2D eigenvalue weighted by molar-refractivity contribution is 0.0696. The van der Waals surface area contributed by atoms with Gasteiger partial charge in [-0.3, -0.25) is 0 Å². The van der Waals surface area contributed by atoms with Gasteiger partial charge in [0.1, 0.15) is 0 Å². The molecule has 0 fully saturated rings. The van der Waals surface area contributed by atoms with E-state index in [9.17, 15) is 4.79 Å². The predicted molar refractivity (Wildman–Crippen MR) is 70.8 cm³/mol. The maximum Gasteiger partial charge on any atom is 0.336 e. The fraction of sp³-hybridized carbons (Fsp3) is 0. The van der Waals surface area contributed by atoms with Gasteiger partial charge in [0, 0.05) is 15.8 Å². The molecule has 0 saturated carbocycles. The van der Waals surface area contributed by atoms with E-state index in [1.165, 1.54) is 0 Å². The first-order chi connectivity index (χ1) is 8.16. The van der Waals surface area contributed by atoms with Crippen molar-refractivity contribution in [3.8, 4) is 0 Å². The molecule has 0 aliphatic heterocycles. The van der Waals surface area contributed by atoms with Gasteiger partial charge < -0.3 is 10.4 Å². The molecule has 0 spiro atoms. The van der Waals surface area contributed by atoms with E-state index in [4.69, 9.17) is 5.11 Å². The Kier molecular flexibility index (Phi) is 3.44. The number of carboxylic acid groups (broad SMARTS) is 1. The molecule has 2 aromatic rings. The van der Waals surface area contributed by atoms with E-state index in [1.54, 1.807) is 18.2 Å². The van der Waals surface area contributed by atoms with E-state index < -0.39 is 5.97 Å². The third-order valence-corrected chi connectivity index (χ3v) is 2.92. The predicted octanol–water partition coefficient (Wildman–Crippen LogP) is 3.89. The van der Waals surface area contributed by atoms with Crippen LogP contribution in [-0.2, 0) is 0 Å². The highest BCUT2D eigenvalue weighted by Crippen LogP contribution is 2.24. The van der Waals surface area contributed by atoms with Crippen molar-refractivity contribution in [1.29, 1.82) is 0 Å². The molecule has 0 radical (unpaired) electrons. The van der Waals surface area contributed by atoms with Crippen LogP contribution in [0, 0.1) is 0 Å². The molecule has 0 bridgehead atoms. The lowest BCUT2D eigenvalue weighted by Crippen LogP contribution is -1.98. The van der Waals surface area contributed by atoms with Crippen molar-refractivity contribution < 1.29 is 9.90 Å². The SMILES string of the molecule is O=C(O)c1ccc(Nc2ccccc2)cc1Br. The maximum atomic E-state index is 10.8. The van der Waals surface area contributed by atoms with Crippen molar-refractivity contribution in [3.63, 3.8) is 0 Å². The maximum absolute atomic E-state index is 10.8. The van der Waals surface area contributed by atoms with Gasteiger partial charge in [-0.25, -0.2) is 4.79 Å². The third kappa shape index (κ3) is 2.85.